The minimum atomic E-state index is -0.824. The molecule has 1 rings (SSSR count). The van der Waals surface area contributed by atoms with Gasteiger partial charge in [-0.1, -0.05) is 44.2 Å². The van der Waals surface area contributed by atoms with Gasteiger partial charge in [-0.3, -0.25) is 9.59 Å². The maximum atomic E-state index is 12.2. The number of thioether (sulfide) groups is 1. The number of rotatable bonds is 9. The lowest BCUT2D eigenvalue weighted by Gasteiger charge is -2.20. The second-order valence-corrected chi connectivity index (χ2v) is 6.38. The van der Waals surface area contributed by atoms with Crippen LogP contribution in [0, 0.1) is 11.8 Å². The van der Waals surface area contributed by atoms with Crippen LogP contribution in [0.1, 0.15) is 19.4 Å². The summed E-state index contributed by atoms with van der Waals surface area (Å²) in [5.74, 6) is 0.121. The Labute approximate surface area is 130 Å². The average Bonchev–Trinajstić information content (AvgIpc) is 2.44. The molecule has 116 valence electrons. The monoisotopic (exact) mass is 309 g/mol. The number of carboxylic acid groups (broad SMARTS) is 1. The highest BCUT2D eigenvalue weighted by Crippen LogP contribution is 2.17. The molecule has 5 heteroatoms. The van der Waals surface area contributed by atoms with Crippen LogP contribution in [0.5, 0.6) is 0 Å². The summed E-state index contributed by atoms with van der Waals surface area (Å²) in [7, 11) is 0. The largest absolute Gasteiger partial charge is 0.481 e. The standard InChI is InChI=1S/C16H23NO3S/c1-12(2)14(10-13-6-4-3-5-7-13)16(20)17-8-9-21-11-15(18)19/h3-7,12,14H,8-11H2,1-2H3,(H,17,20)(H,18,19). The molecule has 0 fully saturated rings. The van der Waals surface area contributed by atoms with Crippen LogP contribution in [0.25, 0.3) is 0 Å². The van der Waals surface area contributed by atoms with Crippen LogP contribution in [-0.4, -0.2) is 35.0 Å². The van der Waals surface area contributed by atoms with Crippen LogP contribution >= 0.6 is 11.8 Å². The number of amides is 1. The summed E-state index contributed by atoms with van der Waals surface area (Å²) in [4.78, 5) is 22.6. The molecule has 1 aromatic carbocycles. The first-order valence-electron chi connectivity index (χ1n) is 7.12. The summed E-state index contributed by atoms with van der Waals surface area (Å²) in [6.07, 6.45) is 0.729. The number of nitrogens with one attached hydrogen (secondary N) is 1. The Bertz CT molecular complexity index is 448. The third kappa shape index (κ3) is 7.18. The lowest BCUT2D eigenvalue weighted by atomic mass is 9.88. The molecule has 0 aliphatic carbocycles. The fourth-order valence-electron chi connectivity index (χ4n) is 2.04. The molecule has 0 spiro atoms. The quantitative estimate of drug-likeness (QED) is 0.688. The lowest BCUT2D eigenvalue weighted by molar-refractivity contribution is -0.134. The molecule has 0 aliphatic heterocycles. The Hall–Kier alpha value is -1.49. The summed E-state index contributed by atoms with van der Waals surface area (Å²) >= 11 is 1.31. The van der Waals surface area contributed by atoms with Crippen LogP contribution < -0.4 is 5.32 Å². The SMILES string of the molecule is CC(C)C(Cc1ccccc1)C(=O)NCCSCC(=O)O. The second-order valence-electron chi connectivity index (χ2n) is 5.28. The van der Waals surface area contributed by atoms with Crippen molar-refractivity contribution in [3.63, 3.8) is 0 Å². The van der Waals surface area contributed by atoms with Gasteiger partial charge < -0.3 is 10.4 Å². The number of carbonyl (C=O) groups excluding carboxylic acids is 1. The molecule has 0 saturated heterocycles. The highest BCUT2D eigenvalue weighted by Gasteiger charge is 2.22. The lowest BCUT2D eigenvalue weighted by Crippen LogP contribution is -2.36. The number of carbonyl (C=O) groups is 2. The Morgan fingerprint density at radius 1 is 1.24 bits per heavy atom. The van der Waals surface area contributed by atoms with E-state index in [1.165, 1.54) is 11.8 Å². The third-order valence-corrected chi connectivity index (χ3v) is 4.15. The van der Waals surface area contributed by atoms with E-state index in [-0.39, 0.29) is 23.5 Å². The number of aliphatic carboxylic acids is 1. The van der Waals surface area contributed by atoms with Gasteiger partial charge in [0.25, 0.3) is 0 Å². The molecule has 21 heavy (non-hydrogen) atoms. The van der Waals surface area contributed by atoms with E-state index in [4.69, 9.17) is 5.11 Å². The van der Waals surface area contributed by atoms with Gasteiger partial charge in [0, 0.05) is 18.2 Å². The highest BCUT2D eigenvalue weighted by molar-refractivity contribution is 7.99. The van der Waals surface area contributed by atoms with Crippen molar-refractivity contribution in [1.82, 2.24) is 5.32 Å². The van der Waals surface area contributed by atoms with Crippen molar-refractivity contribution >= 4 is 23.6 Å². The van der Waals surface area contributed by atoms with Crippen LogP contribution in [-0.2, 0) is 16.0 Å². The van der Waals surface area contributed by atoms with Gasteiger partial charge in [0.2, 0.25) is 5.91 Å². The minimum absolute atomic E-state index is 0.0461. The van der Waals surface area contributed by atoms with Gasteiger partial charge in [-0.15, -0.1) is 11.8 Å². The average molecular weight is 309 g/mol. The van der Waals surface area contributed by atoms with Crippen molar-refractivity contribution in [3.05, 3.63) is 35.9 Å². The maximum absolute atomic E-state index is 12.2. The first-order chi connectivity index (χ1) is 10.0. The van der Waals surface area contributed by atoms with Gasteiger partial charge in [0.15, 0.2) is 0 Å². The second kappa shape index (κ2) is 9.45. The molecule has 0 saturated carbocycles. The van der Waals surface area contributed by atoms with Crippen molar-refractivity contribution < 1.29 is 14.7 Å². The fraction of sp³-hybridized carbons (Fsp3) is 0.500. The van der Waals surface area contributed by atoms with E-state index in [1.54, 1.807) is 0 Å². The van der Waals surface area contributed by atoms with Crippen LogP contribution in [0.3, 0.4) is 0 Å². The number of hydrogen-bond acceptors (Lipinski definition) is 3. The van der Waals surface area contributed by atoms with Gasteiger partial charge in [-0.2, -0.15) is 0 Å². The van der Waals surface area contributed by atoms with Crippen LogP contribution in [0.15, 0.2) is 30.3 Å². The first-order valence-corrected chi connectivity index (χ1v) is 8.27. The summed E-state index contributed by atoms with van der Waals surface area (Å²) in [5, 5.41) is 11.4. The Morgan fingerprint density at radius 3 is 2.48 bits per heavy atom. The molecule has 0 heterocycles. The molecule has 1 atom stereocenters. The third-order valence-electron chi connectivity index (χ3n) is 3.21. The van der Waals surface area contributed by atoms with E-state index in [0.717, 1.165) is 12.0 Å². The molecule has 0 aliphatic rings. The Kier molecular flexibility index (Phi) is 7.90. The molecule has 0 aromatic heterocycles. The molecule has 1 unspecified atom stereocenters. The Morgan fingerprint density at radius 2 is 1.90 bits per heavy atom. The molecular formula is C16H23NO3S. The van der Waals surface area contributed by atoms with Gasteiger partial charge >= 0.3 is 5.97 Å². The molecular weight excluding hydrogens is 286 g/mol. The van der Waals surface area contributed by atoms with Crippen LogP contribution in [0.4, 0.5) is 0 Å². The number of carboxylic acids is 1. The predicted molar refractivity (Wildman–Crippen MR) is 86.4 cm³/mol. The van der Waals surface area contributed by atoms with Gasteiger partial charge in [0.1, 0.15) is 0 Å². The zero-order valence-corrected chi connectivity index (χ0v) is 13.4. The summed E-state index contributed by atoms with van der Waals surface area (Å²) in [6.45, 7) is 4.60. The van der Waals surface area contributed by atoms with Crippen LogP contribution in [0.2, 0.25) is 0 Å². The van der Waals surface area contributed by atoms with Gasteiger partial charge in [0.05, 0.1) is 5.75 Å². The van der Waals surface area contributed by atoms with Crippen molar-refractivity contribution in [2.75, 3.05) is 18.1 Å². The zero-order valence-electron chi connectivity index (χ0n) is 12.5. The van der Waals surface area contributed by atoms with E-state index >= 15 is 0 Å². The highest BCUT2D eigenvalue weighted by atomic mass is 32.2. The Balaban J connectivity index is 2.41. The van der Waals surface area contributed by atoms with E-state index < -0.39 is 5.97 Å². The van der Waals surface area contributed by atoms with Gasteiger partial charge in [-0.05, 0) is 17.9 Å². The molecule has 4 nitrogen and oxygen atoms in total. The topological polar surface area (TPSA) is 66.4 Å². The molecule has 1 aromatic rings. The van der Waals surface area contributed by atoms with E-state index in [1.807, 2.05) is 44.2 Å². The van der Waals surface area contributed by atoms with E-state index in [0.29, 0.717) is 12.3 Å². The summed E-state index contributed by atoms with van der Waals surface area (Å²) in [5.41, 5.74) is 1.16. The summed E-state index contributed by atoms with van der Waals surface area (Å²) < 4.78 is 0. The number of benzene rings is 1. The predicted octanol–water partition coefficient (Wildman–Crippen LogP) is 2.44. The summed E-state index contributed by atoms with van der Waals surface area (Å²) in [6, 6.07) is 9.99. The fourth-order valence-corrected chi connectivity index (χ4v) is 2.60. The maximum Gasteiger partial charge on any atom is 0.313 e. The smallest absolute Gasteiger partial charge is 0.313 e. The van der Waals surface area contributed by atoms with E-state index in [2.05, 4.69) is 5.32 Å². The molecule has 1 amide bonds. The van der Waals surface area contributed by atoms with Gasteiger partial charge in [-0.25, -0.2) is 0 Å². The molecule has 0 radical (unpaired) electrons. The minimum Gasteiger partial charge on any atom is -0.481 e. The molecule has 2 N–H and O–H groups in total. The van der Waals surface area contributed by atoms with Crippen molar-refractivity contribution in [2.24, 2.45) is 11.8 Å². The first kappa shape index (κ1) is 17.6. The normalized spacial score (nSPS) is 12.1. The van der Waals surface area contributed by atoms with Crippen molar-refractivity contribution in [2.45, 2.75) is 20.3 Å². The molecule has 0 bridgehead atoms. The number of hydrogen-bond donors (Lipinski definition) is 2. The zero-order chi connectivity index (χ0) is 15.7. The van der Waals surface area contributed by atoms with Crippen molar-refractivity contribution in [3.8, 4) is 0 Å². The van der Waals surface area contributed by atoms with E-state index in [9.17, 15) is 9.59 Å². The van der Waals surface area contributed by atoms with Crippen molar-refractivity contribution in [1.29, 1.82) is 0 Å².